The van der Waals surface area contributed by atoms with E-state index in [-0.39, 0.29) is 11.2 Å². The summed E-state index contributed by atoms with van der Waals surface area (Å²) in [5.41, 5.74) is 1.63. The van der Waals surface area contributed by atoms with E-state index in [1.165, 1.54) is 6.07 Å². The van der Waals surface area contributed by atoms with Gasteiger partial charge in [0.15, 0.2) is 11.2 Å². The number of fused-ring (bicyclic) bond motifs is 1. The minimum atomic E-state index is -0.492. The van der Waals surface area contributed by atoms with E-state index in [0.29, 0.717) is 16.7 Å². The molecule has 0 aliphatic carbocycles. The molecule has 0 saturated carbocycles. The van der Waals surface area contributed by atoms with Gasteiger partial charge in [0.2, 0.25) is 0 Å². The Balaban J connectivity index is 1.88. The first-order valence-corrected chi connectivity index (χ1v) is 7.43. The summed E-state index contributed by atoms with van der Waals surface area (Å²) in [6.07, 6.45) is 1.55. The van der Waals surface area contributed by atoms with Crippen LogP contribution in [0.1, 0.15) is 16.1 Å². The Morgan fingerprint density at radius 3 is 2.62 bits per heavy atom. The van der Waals surface area contributed by atoms with Crippen LogP contribution in [-0.4, -0.2) is 25.0 Å². The number of carbonyl (C=O) groups excluding carboxylic acids is 1. The predicted octanol–water partition coefficient (Wildman–Crippen LogP) is 2.81. The summed E-state index contributed by atoms with van der Waals surface area (Å²) in [5, 5.41) is 3.14. The monoisotopic (exact) mass is 323 g/mol. The molecule has 0 aliphatic heterocycles. The molecule has 122 valence electrons. The van der Waals surface area contributed by atoms with Gasteiger partial charge in [-0.3, -0.25) is 9.59 Å². The number of hydrogen-bond donors (Lipinski definition) is 1. The zero-order chi connectivity index (χ0) is 17.3. The van der Waals surface area contributed by atoms with Crippen molar-refractivity contribution in [1.29, 1.82) is 0 Å². The van der Waals surface area contributed by atoms with Crippen LogP contribution in [0, 0.1) is 6.92 Å². The largest absolute Gasteiger partial charge is 0.451 e. The predicted molar refractivity (Wildman–Crippen MR) is 93.7 cm³/mol. The van der Waals surface area contributed by atoms with Crippen LogP contribution in [0.25, 0.3) is 11.0 Å². The van der Waals surface area contributed by atoms with Crippen molar-refractivity contribution in [3.8, 4) is 0 Å². The van der Waals surface area contributed by atoms with E-state index in [4.69, 9.17) is 4.42 Å². The Morgan fingerprint density at radius 2 is 1.96 bits per heavy atom. The minimum Gasteiger partial charge on any atom is -0.451 e. The van der Waals surface area contributed by atoms with Gasteiger partial charge in [-0.05, 0) is 31.2 Å². The molecule has 24 heavy (non-hydrogen) atoms. The van der Waals surface area contributed by atoms with Crippen molar-refractivity contribution in [3.05, 3.63) is 64.1 Å². The number of amides is 1. The fraction of sp³-hybridized carbons (Fsp3) is 0.167. The fourth-order valence-corrected chi connectivity index (χ4v) is 2.30. The summed E-state index contributed by atoms with van der Waals surface area (Å²) in [5.74, 6) is 0.252. The quantitative estimate of drug-likeness (QED) is 0.802. The number of hydrogen-bond acceptors (Lipinski definition) is 5. The van der Waals surface area contributed by atoms with Crippen molar-refractivity contribution >= 4 is 28.4 Å². The average Bonchev–Trinajstić information content (AvgIpc) is 2.55. The molecule has 2 heterocycles. The number of pyridine rings is 1. The van der Waals surface area contributed by atoms with E-state index in [9.17, 15) is 9.59 Å². The van der Waals surface area contributed by atoms with Crippen molar-refractivity contribution in [1.82, 2.24) is 4.98 Å². The number of nitrogens with zero attached hydrogens (tertiary/aromatic N) is 2. The van der Waals surface area contributed by atoms with Gasteiger partial charge in [0.25, 0.3) is 5.91 Å². The topological polar surface area (TPSA) is 75.4 Å². The zero-order valence-corrected chi connectivity index (χ0v) is 13.7. The number of aromatic nitrogens is 1. The summed E-state index contributed by atoms with van der Waals surface area (Å²) in [6.45, 7) is 1.89. The second-order valence-corrected chi connectivity index (χ2v) is 5.73. The second-order valence-electron chi connectivity index (χ2n) is 5.73. The molecule has 1 N–H and O–H groups in total. The summed E-state index contributed by atoms with van der Waals surface area (Å²) < 4.78 is 5.55. The van der Waals surface area contributed by atoms with Gasteiger partial charge >= 0.3 is 0 Å². The van der Waals surface area contributed by atoms with Gasteiger partial charge in [-0.25, -0.2) is 4.98 Å². The summed E-state index contributed by atoms with van der Waals surface area (Å²) in [7, 11) is 3.76. The van der Waals surface area contributed by atoms with Crippen LogP contribution in [0.5, 0.6) is 0 Å². The maximum absolute atomic E-state index is 12.3. The summed E-state index contributed by atoms with van der Waals surface area (Å²) in [4.78, 5) is 30.6. The van der Waals surface area contributed by atoms with Gasteiger partial charge in [-0.15, -0.1) is 0 Å². The van der Waals surface area contributed by atoms with Crippen LogP contribution >= 0.6 is 0 Å². The summed E-state index contributed by atoms with van der Waals surface area (Å²) in [6, 6.07) is 10.00. The van der Waals surface area contributed by atoms with Gasteiger partial charge in [0.05, 0.1) is 17.3 Å². The molecule has 0 saturated heterocycles. The Bertz CT molecular complexity index is 959. The molecule has 0 spiro atoms. The van der Waals surface area contributed by atoms with E-state index in [1.54, 1.807) is 30.5 Å². The van der Waals surface area contributed by atoms with Gasteiger partial charge in [-0.2, -0.15) is 0 Å². The lowest BCUT2D eigenvalue weighted by Gasteiger charge is -2.11. The lowest BCUT2D eigenvalue weighted by Crippen LogP contribution is -2.15. The van der Waals surface area contributed by atoms with Crippen molar-refractivity contribution in [3.63, 3.8) is 0 Å². The molecular formula is C18H17N3O3. The van der Waals surface area contributed by atoms with Crippen molar-refractivity contribution in [2.75, 3.05) is 24.3 Å². The zero-order valence-electron chi connectivity index (χ0n) is 13.7. The molecular weight excluding hydrogens is 306 g/mol. The smallest absolute Gasteiger partial charge is 0.291 e. The first kappa shape index (κ1) is 15.7. The van der Waals surface area contributed by atoms with E-state index in [1.807, 2.05) is 32.0 Å². The van der Waals surface area contributed by atoms with Crippen LogP contribution in [0.4, 0.5) is 11.5 Å². The van der Waals surface area contributed by atoms with Gasteiger partial charge in [0.1, 0.15) is 11.4 Å². The normalized spacial score (nSPS) is 10.6. The number of nitrogens with one attached hydrogen (secondary N) is 1. The van der Waals surface area contributed by atoms with Crippen LogP contribution in [0.2, 0.25) is 0 Å². The lowest BCUT2D eigenvalue weighted by molar-refractivity contribution is 0.0997. The molecule has 0 fully saturated rings. The number of carbonyl (C=O) groups is 1. The third kappa shape index (κ3) is 3.12. The van der Waals surface area contributed by atoms with Crippen LogP contribution in [-0.2, 0) is 0 Å². The number of rotatable bonds is 3. The van der Waals surface area contributed by atoms with Crippen molar-refractivity contribution in [2.24, 2.45) is 0 Å². The third-order valence-corrected chi connectivity index (χ3v) is 3.57. The van der Waals surface area contributed by atoms with Gasteiger partial charge in [-0.1, -0.05) is 11.6 Å². The highest BCUT2D eigenvalue weighted by Gasteiger charge is 2.13. The van der Waals surface area contributed by atoms with E-state index >= 15 is 0 Å². The maximum atomic E-state index is 12.3. The molecule has 3 rings (SSSR count). The fourth-order valence-electron chi connectivity index (χ4n) is 2.30. The molecule has 0 unspecified atom stereocenters. The average molecular weight is 323 g/mol. The molecule has 1 aromatic carbocycles. The Kier molecular flexibility index (Phi) is 4.04. The second kappa shape index (κ2) is 6.16. The van der Waals surface area contributed by atoms with Gasteiger partial charge < -0.3 is 14.6 Å². The van der Waals surface area contributed by atoms with E-state index in [2.05, 4.69) is 10.3 Å². The number of benzene rings is 1. The first-order valence-electron chi connectivity index (χ1n) is 7.43. The molecule has 6 nitrogen and oxygen atoms in total. The van der Waals surface area contributed by atoms with Crippen LogP contribution in [0.3, 0.4) is 0 Å². The van der Waals surface area contributed by atoms with Gasteiger partial charge in [0, 0.05) is 20.2 Å². The Morgan fingerprint density at radius 1 is 1.17 bits per heavy atom. The van der Waals surface area contributed by atoms with Crippen molar-refractivity contribution < 1.29 is 9.21 Å². The van der Waals surface area contributed by atoms with Crippen LogP contribution < -0.4 is 15.6 Å². The molecule has 1 amide bonds. The third-order valence-electron chi connectivity index (χ3n) is 3.57. The molecule has 0 aliphatic rings. The number of anilines is 2. The molecule has 3 aromatic rings. The SMILES string of the molecule is Cc1ccc2oc(C(=O)Nc3ccc(N(C)C)nc3)cc(=O)c2c1. The maximum Gasteiger partial charge on any atom is 0.291 e. The van der Waals surface area contributed by atoms with E-state index in [0.717, 1.165) is 11.4 Å². The molecule has 2 aromatic heterocycles. The lowest BCUT2D eigenvalue weighted by atomic mass is 10.1. The molecule has 0 bridgehead atoms. The van der Waals surface area contributed by atoms with Crippen LogP contribution in [0.15, 0.2) is 51.8 Å². The molecule has 6 heteroatoms. The van der Waals surface area contributed by atoms with Crippen molar-refractivity contribution in [2.45, 2.75) is 6.92 Å². The molecule has 0 radical (unpaired) electrons. The highest BCUT2D eigenvalue weighted by molar-refractivity contribution is 6.02. The first-order chi connectivity index (χ1) is 11.4. The summed E-state index contributed by atoms with van der Waals surface area (Å²) >= 11 is 0. The highest BCUT2D eigenvalue weighted by Crippen LogP contribution is 2.16. The highest BCUT2D eigenvalue weighted by atomic mass is 16.3. The minimum absolute atomic E-state index is 0.0342. The standard InChI is InChI=1S/C18H17N3O3/c1-11-4-6-15-13(8-11)14(22)9-16(24-15)18(23)20-12-5-7-17(19-10-12)21(2)3/h4-10H,1-3H3,(H,20,23). The Labute approximate surface area is 138 Å². The Hall–Kier alpha value is -3.15. The number of aryl methyl sites for hydroxylation is 1. The molecule has 0 atom stereocenters. The van der Waals surface area contributed by atoms with E-state index < -0.39 is 5.91 Å².